The number of carbonyl (C=O) groups is 4. The van der Waals surface area contributed by atoms with Gasteiger partial charge in [0.05, 0.1) is 16.8 Å². The highest BCUT2D eigenvalue weighted by atomic mass is 32.1. The van der Waals surface area contributed by atoms with E-state index in [4.69, 9.17) is 5.73 Å². The number of hydrogen-bond acceptors (Lipinski definition) is 6. The van der Waals surface area contributed by atoms with Crippen molar-refractivity contribution in [3.8, 4) is 10.4 Å². The molecule has 172 valence electrons. The van der Waals surface area contributed by atoms with Crippen LogP contribution < -0.4 is 5.73 Å². The van der Waals surface area contributed by atoms with Crippen LogP contribution in [0.5, 0.6) is 0 Å². The van der Waals surface area contributed by atoms with Crippen LogP contribution in [0.1, 0.15) is 50.3 Å². The lowest BCUT2D eigenvalue weighted by atomic mass is 9.96. The number of aryl methyl sites for hydroxylation is 1. The van der Waals surface area contributed by atoms with Crippen molar-refractivity contribution < 1.29 is 24.3 Å². The van der Waals surface area contributed by atoms with Crippen LogP contribution in [0, 0.1) is 6.92 Å². The second kappa shape index (κ2) is 9.03. The van der Waals surface area contributed by atoms with E-state index >= 15 is 0 Å². The first-order valence-corrected chi connectivity index (χ1v) is 11.4. The van der Waals surface area contributed by atoms with Crippen LogP contribution in [-0.4, -0.2) is 37.9 Å². The van der Waals surface area contributed by atoms with Crippen LogP contribution in [0.2, 0.25) is 0 Å². The zero-order chi connectivity index (χ0) is 24.6. The molecular weight excluding hydrogens is 454 g/mol. The number of aromatic nitrogens is 2. The molecule has 3 heterocycles. The van der Waals surface area contributed by atoms with Crippen molar-refractivity contribution in [2.45, 2.75) is 26.7 Å². The van der Waals surface area contributed by atoms with Crippen LogP contribution >= 0.6 is 11.3 Å². The van der Waals surface area contributed by atoms with Gasteiger partial charge < -0.3 is 15.2 Å². The first kappa shape index (κ1) is 23.1. The molecule has 3 aromatic heterocycles. The van der Waals surface area contributed by atoms with Gasteiger partial charge in [0.2, 0.25) is 0 Å². The third kappa shape index (κ3) is 3.90. The van der Waals surface area contributed by atoms with E-state index < -0.39 is 29.1 Å². The smallest absolute Gasteiger partial charge is 0.379 e. The lowest BCUT2D eigenvalue weighted by Crippen LogP contribution is -2.25. The quantitative estimate of drug-likeness (QED) is 0.296. The maximum Gasteiger partial charge on any atom is 0.379 e. The first-order chi connectivity index (χ1) is 16.2. The molecule has 34 heavy (non-hydrogen) atoms. The standard InChI is InChI=1S/C25H21N3O5S/c1-3-15-17(11-14-7-4-5-8-16(14)18-9-6-10-34-18)28-12-13(2)27-20(23(30)25(32)33)21(28)19(15)22(29)24(26)31/h4-10,12H,3,11H2,1-2H3,(H2,26,31)(H,32,33). The average Bonchev–Trinajstić information content (AvgIpc) is 3.44. The van der Waals surface area contributed by atoms with Crippen LogP contribution in [0.25, 0.3) is 16.0 Å². The zero-order valence-electron chi connectivity index (χ0n) is 18.5. The van der Waals surface area contributed by atoms with Crippen molar-refractivity contribution >= 4 is 40.3 Å². The molecule has 0 aliphatic rings. The Morgan fingerprint density at radius 3 is 2.44 bits per heavy atom. The van der Waals surface area contributed by atoms with E-state index in [0.717, 1.165) is 16.0 Å². The van der Waals surface area contributed by atoms with Crippen LogP contribution in [0.3, 0.4) is 0 Å². The number of thiophene rings is 1. The number of ketones is 2. The predicted octanol–water partition coefficient (Wildman–Crippen LogP) is 3.46. The number of aliphatic carboxylic acids is 1. The van der Waals surface area contributed by atoms with Crippen LogP contribution in [0.15, 0.2) is 48.0 Å². The molecule has 0 aliphatic carbocycles. The second-order valence-electron chi connectivity index (χ2n) is 7.74. The van der Waals surface area contributed by atoms with Gasteiger partial charge in [0, 0.05) is 23.2 Å². The number of nitrogens with two attached hydrogens (primary N) is 1. The monoisotopic (exact) mass is 475 g/mol. The van der Waals surface area contributed by atoms with Gasteiger partial charge in [0.1, 0.15) is 5.69 Å². The Labute approximate surface area is 198 Å². The molecule has 4 aromatic rings. The molecule has 0 saturated heterocycles. The molecule has 0 unspecified atom stereocenters. The fourth-order valence-corrected chi connectivity index (χ4v) is 5.02. The fraction of sp³-hybridized carbons (Fsp3) is 0.160. The zero-order valence-corrected chi connectivity index (χ0v) is 19.3. The number of benzene rings is 1. The summed E-state index contributed by atoms with van der Waals surface area (Å²) in [5.41, 5.74) is 8.41. The third-order valence-electron chi connectivity index (χ3n) is 5.62. The minimum Gasteiger partial charge on any atom is -0.475 e. The van der Waals surface area contributed by atoms with E-state index in [9.17, 15) is 24.3 Å². The number of nitrogens with zero attached hydrogens (tertiary/aromatic N) is 2. The minimum atomic E-state index is -1.71. The molecule has 0 radical (unpaired) electrons. The lowest BCUT2D eigenvalue weighted by molar-refractivity contribution is -0.131. The Hall–Kier alpha value is -4.11. The maximum atomic E-state index is 12.9. The molecule has 0 aliphatic heterocycles. The Morgan fingerprint density at radius 2 is 1.82 bits per heavy atom. The van der Waals surface area contributed by atoms with Gasteiger partial charge in [0.25, 0.3) is 17.5 Å². The summed E-state index contributed by atoms with van der Waals surface area (Å²) in [7, 11) is 0. The summed E-state index contributed by atoms with van der Waals surface area (Å²) in [6, 6.07) is 11.8. The summed E-state index contributed by atoms with van der Waals surface area (Å²) >= 11 is 1.60. The number of Topliss-reactive ketones (excluding diaryl/α,β-unsaturated/α-hetero) is 2. The third-order valence-corrected chi connectivity index (χ3v) is 6.53. The van der Waals surface area contributed by atoms with Gasteiger partial charge in [-0.25, -0.2) is 9.78 Å². The average molecular weight is 476 g/mol. The van der Waals surface area contributed by atoms with Gasteiger partial charge in [-0.2, -0.15) is 0 Å². The summed E-state index contributed by atoms with van der Waals surface area (Å²) in [5, 5.41) is 11.3. The molecule has 1 amide bonds. The van der Waals surface area contributed by atoms with Gasteiger partial charge in [-0.1, -0.05) is 37.3 Å². The topological polar surface area (TPSA) is 132 Å². The highest BCUT2D eigenvalue weighted by Gasteiger charge is 2.31. The van der Waals surface area contributed by atoms with Crippen LogP contribution in [0.4, 0.5) is 0 Å². The molecule has 9 heteroatoms. The number of hydrogen-bond donors (Lipinski definition) is 2. The lowest BCUT2D eigenvalue weighted by Gasteiger charge is -2.11. The molecule has 0 spiro atoms. The number of fused-ring (bicyclic) bond motifs is 1. The van der Waals surface area contributed by atoms with Gasteiger partial charge >= 0.3 is 5.97 Å². The molecule has 3 N–H and O–H groups in total. The number of rotatable bonds is 8. The molecule has 0 bridgehead atoms. The van der Waals surface area contributed by atoms with Crippen LogP contribution in [-0.2, 0) is 22.4 Å². The molecule has 1 aromatic carbocycles. The SMILES string of the molecule is CCc1c(C(=O)C(N)=O)c2c(C(=O)C(=O)O)nc(C)cn2c1Cc1ccccc1-c1cccs1. The maximum absolute atomic E-state index is 12.9. The first-order valence-electron chi connectivity index (χ1n) is 10.5. The van der Waals surface area contributed by atoms with E-state index in [1.807, 2.05) is 48.7 Å². The van der Waals surface area contributed by atoms with Gasteiger partial charge in [0.15, 0.2) is 0 Å². The molecule has 8 nitrogen and oxygen atoms in total. The highest BCUT2D eigenvalue weighted by molar-refractivity contribution is 7.13. The minimum absolute atomic E-state index is 0.0118. The number of carboxylic acids is 1. The van der Waals surface area contributed by atoms with Crippen molar-refractivity contribution in [3.63, 3.8) is 0 Å². The summed E-state index contributed by atoms with van der Waals surface area (Å²) in [6.07, 6.45) is 2.36. The number of carbonyl (C=O) groups excluding carboxylic acids is 3. The van der Waals surface area contributed by atoms with Crippen molar-refractivity contribution in [2.75, 3.05) is 0 Å². The number of amides is 1. The summed E-state index contributed by atoms with van der Waals surface area (Å²) < 4.78 is 1.61. The number of primary amides is 1. The predicted molar refractivity (Wildman–Crippen MR) is 127 cm³/mol. The van der Waals surface area contributed by atoms with E-state index in [-0.39, 0.29) is 11.1 Å². The normalized spacial score (nSPS) is 11.0. The van der Waals surface area contributed by atoms with Gasteiger partial charge in [-0.05, 0) is 41.5 Å². The van der Waals surface area contributed by atoms with Gasteiger partial charge in [-0.3, -0.25) is 14.4 Å². The Bertz CT molecular complexity index is 1470. The highest BCUT2D eigenvalue weighted by Crippen LogP contribution is 2.33. The van der Waals surface area contributed by atoms with E-state index in [1.165, 1.54) is 0 Å². The van der Waals surface area contributed by atoms with E-state index in [1.54, 1.807) is 28.9 Å². The molecule has 0 fully saturated rings. The Kier molecular flexibility index (Phi) is 6.12. The Balaban J connectivity index is 2.06. The van der Waals surface area contributed by atoms with Crippen molar-refractivity contribution in [3.05, 3.63) is 81.7 Å². The van der Waals surface area contributed by atoms with Gasteiger partial charge in [-0.15, -0.1) is 11.3 Å². The van der Waals surface area contributed by atoms with Crippen molar-refractivity contribution in [1.82, 2.24) is 9.38 Å². The fourth-order valence-electron chi connectivity index (χ4n) is 4.24. The largest absolute Gasteiger partial charge is 0.475 e. The Morgan fingerprint density at radius 1 is 1.09 bits per heavy atom. The summed E-state index contributed by atoms with van der Waals surface area (Å²) in [5.74, 6) is -5.15. The van der Waals surface area contributed by atoms with E-state index in [0.29, 0.717) is 29.8 Å². The van der Waals surface area contributed by atoms with Crippen molar-refractivity contribution in [1.29, 1.82) is 0 Å². The summed E-state index contributed by atoms with van der Waals surface area (Å²) in [6.45, 7) is 3.45. The van der Waals surface area contributed by atoms with E-state index in [2.05, 4.69) is 4.98 Å². The molecule has 4 rings (SSSR count). The number of carboxylic acid groups (broad SMARTS) is 1. The molecule has 0 saturated carbocycles. The van der Waals surface area contributed by atoms with Crippen molar-refractivity contribution in [2.24, 2.45) is 5.73 Å². The second-order valence-corrected chi connectivity index (χ2v) is 8.69. The summed E-state index contributed by atoms with van der Waals surface area (Å²) in [4.78, 5) is 54.1. The molecule has 0 atom stereocenters. The molecular formula is C25H21N3O5S.